The van der Waals surface area contributed by atoms with Crippen molar-refractivity contribution in [1.29, 1.82) is 0 Å². The summed E-state index contributed by atoms with van der Waals surface area (Å²) < 4.78 is 0. The molecule has 2 rings (SSSR count). The molecule has 1 amide bonds. The van der Waals surface area contributed by atoms with Gasteiger partial charge in [0.15, 0.2) is 0 Å². The molecule has 0 unspecified atom stereocenters. The Morgan fingerprint density at radius 3 is 2.84 bits per heavy atom. The van der Waals surface area contributed by atoms with Gasteiger partial charge in [-0.25, -0.2) is 0 Å². The highest BCUT2D eigenvalue weighted by molar-refractivity contribution is 5.85. The zero-order chi connectivity index (χ0) is 13.8. The van der Waals surface area contributed by atoms with Crippen LogP contribution < -0.4 is 5.32 Å². The van der Waals surface area contributed by atoms with E-state index >= 15 is 0 Å². The number of amides is 1. The highest BCUT2D eigenvalue weighted by Crippen LogP contribution is 2.32. The molecule has 5 nitrogen and oxygen atoms in total. The van der Waals surface area contributed by atoms with Crippen LogP contribution >= 0.6 is 0 Å². The lowest BCUT2D eigenvalue weighted by Crippen LogP contribution is -2.35. The number of nitrogens with zero attached hydrogens (tertiary/aromatic N) is 1. The zero-order valence-electron chi connectivity index (χ0n) is 10.9. The average molecular weight is 262 g/mol. The van der Waals surface area contributed by atoms with Gasteiger partial charge in [0, 0.05) is 18.9 Å². The van der Waals surface area contributed by atoms with E-state index in [1.54, 1.807) is 12.4 Å². The number of hydrogen-bond acceptors (Lipinski definition) is 3. The van der Waals surface area contributed by atoms with Gasteiger partial charge in [-0.3, -0.25) is 14.6 Å². The molecule has 1 heterocycles. The largest absolute Gasteiger partial charge is 0.481 e. The second-order valence-electron chi connectivity index (χ2n) is 5.00. The van der Waals surface area contributed by atoms with Gasteiger partial charge in [0.05, 0.1) is 11.8 Å². The molecule has 0 aromatic carbocycles. The van der Waals surface area contributed by atoms with Crippen LogP contribution in [0.2, 0.25) is 0 Å². The highest BCUT2D eigenvalue weighted by Gasteiger charge is 2.37. The van der Waals surface area contributed by atoms with Crippen LogP contribution in [0.5, 0.6) is 0 Å². The fraction of sp³-hybridized carbons (Fsp3) is 0.500. The third-order valence-corrected chi connectivity index (χ3v) is 3.76. The zero-order valence-corrected chi connectivity index (χ0v) is 10.9. The summed E-state index contributed by atoms with van der Waals surface area (Å²) in [5.41, 5.74) is 2.03. The molecule has 1 aromatic heterocycles. The summed E-state index contributed by atoms with van der Waals surface area (Å²) in [4.78, 5) is 27.1. The first kappa shape index (κ1) is 13.5. The molecule has 19 heavy (non-hydrogen) atoms. The van der Waals surface area contributed by atoms with Gasteiger partial charge in [-0.2, -0.15) is 0 Å². The summed E-state index contributed by atoms with van der Waals surface area (Å²) in [6.07, 6.45) is 5.50. The average Bonchev–Trinajstić information content (AvgIpc) is 2.87. The van der Waals surface area contributed by atoms with Crippen molar-refractivity contribution < 1.29 is 14.7 Å². The third-order valence-electron chi connectivity index (χ3n) is 3.76. The molecule has 0 saturated heterocycles. The fourth-order valence-electron chi connectivity index (χ4n) is 2.58. The van der Waals surface area contributed by atoms with E-state index in [1.807, 2.05) is 13.0 Å². The first-order valence-corrected chi connectivity index (χ1v) is 6.49. The summed E-state index contributed by atoms with van der Waals surface area (Å²) in [5.74, 6) is -1.93. The van der Waals surface area contributed by atoms with Crippen molar-refractivity contribution in [3.63, 3.8) is 0 Å². The topological polar surface area (TPSA) is 79.3 Å². The summed E-state index contributed by atoms with van der Waals surface area (Å²) in [6.45, 7) is 2.36. The molecule has 2 atom stereocenters. The fourth-order valence-corrected chi connectivity index (χ4v) is 2.58. The second-order valence-corrected chi connectivity index (χ2v) is 5.00. The molecule has 102 valence electrons. The van der Waals surface area contributed by atoms with Crippen LogP contribution in [0.1, 0.15) is 30.4 Å². The van der Waals surface area contributed by atoms with Crippen molar-refractivity contribution in [2.75, 3.05) is 0 Å². The molecular weight excluding hydrogens is 244 g/mol. The standard InChI is InChI=1S/C14H18N2O3/c1-9-7-15-6-5-10(9)8-16-13(17)11-3-2-4-12(11)14(18)19/h5-7,11-12H,2-4,8H2,1H3,(H,16,17)(H,18,19)/t11-,12+/m1/s1. The predicted molar refractivity (Wildman–Crippen MR) is 69.3 cm³/mol. The van der Waals surface area contributed by atoms with Gasteiger partial charge in [-0.1, -0.05) is 6.42 Å². The Labute approximate surface area is 112 Å². The Hall–Kier alpha value is -1.91. The van der Waals surface area contributed by atoms with Gasteiger partial charge < -0.3 is 10.4 Å². The lowest BCUT2D eigenvalue weighted by Gasteiger charge is -2.16. The number of aliphatic carboxylic acids is 1. The van der Waals surface area contributed by atoms with Crippen molar-refractivity contribution in [2.45, 2.75) is 32.7 Å². The Bertz CT molecular complexity index is 487. The van der Waals surface area contributed by atoms with Crippen molar-refractivity contribution in [3.8, 4) is 0 Å². The van der Waals surface area contributed by atoms with Gasteiger partial charge >= 0.3 is 5.97 Å². The van der Waals surface area contributed by atoms with E-state index in [9.17, 15) is 9.59 Å². The second kappa shape index (κ2) is 5.82. The predicted octanol–water partition coefficient (Wildman–Crippen LogP) is 1.51. The van der Waals surface area contributed by atoms with Crippen molar-refractivity contribution in [2.24, 2.45) is 11.8 Å². The molecule has 0 spiro atoms. The summed E-state index contributed by atoms with van der Waals surface area (Å²) in [7, 11) is 0. The van der Waals surface area contributed by atoms with Gasteiger partial charge in [0.1, 0.15) is 0 Å². The summed E-state index contributed by atoms with van der Waals surface area (Å²) >= 11 is 0. The molecule has 1 aliphatic carbocycles. The number of carbonyl (C=O) groups is 2. The van der Waals surface area contributed by atoms with E-state index in [-0.39, 0.29) is 11.8 Å². The van der Waals surface area contributed by atoms with Crippen LogP contribution in [-0.4, -0.2) is 22.0 Å². The highest BCUT2D eigenvalue weighted by atomic mass is 16.4. The van der Waals surface area contributed by atoms with Gasteiger partial charge in [0.25, 0.3) is 0 Å². The van der Waals surface area contributed by atoms with E-state index in [2.05, 4.69) is 10.3 Å². The lowest BCUT2D eigenvalue weighted by molar-refractivity contribution is -0.146. The molecule has 1 aromatic rings. The van der Waals surface area contributed by atoms with Crippen LogP contribution in [0.15, 0.2) is 18.5 Å². The smallest absolute Gasteiger partial charge is 0.307 e. The molecule has 1 aliphatic rings. The maximum Gasteiger partial charge on any atom is 0.307 e. The number of nitrogens with one attached hydrogen (secondary N) is 1. The van der Waals surface area contributed by atoms with Gasteiger partial charge in [-0.15, -0.1) is 0 Å². The maximum atomic E-state index is 12.1. The first-order valence-electron chi connectivity index (χ1n) is 6.49. The molecule has 0 bridgehead atoms. The minimum Gasteiger partial charge on any atom is -0.481 e. The number of rotatable bonds is 4. The van der Waals surface area contributed by atoms with Crippen LogP contribution in [0.25, 0.3) is 0 Å². The molecular formula is C14H18N2O3. The summed E-state index contributed by atoms with van der Waals surface area (Å²) in [5, 5.41) is 11.9. The number of hydrogen-bond donors (Lipinski definition) is 2. The quantitative estimate of drug-likeness (QED) is 0.862. The number of carboxylic acid groups (broad SMARTS) is 1. The Kier molecular flexibility index (Phi) is 4.14. The minimum atomic E-state index is -0.863. The van der Waals surface area contributed by atoms with Crippen LogP contribution in [0.3, 0.4) is 0 Å². The lowest BCUT2D eigenvalue weighted by atomic mass is 9.95. The van der Waals surface area contributed by atoms with Crippen LogP contribution in [0, 0.1) is 18.8 Å². The van der Waals surface area contributed by atoms with E-state index in [4.69, 9.17) is 5.11 Å². The normalized spacial score (nSPS) is 22.2. The maximum absolute atomic E-state index is 12.1. The molecule has 1 saturated carbocycles. The Morgan fingerprint density at radius 1 is 1.42 bits per heavy atom. The van der Waals surface area contributed by atoms with E-state index in [1.165, 1.54) is 0 Å². The third kappa shape index (κ3) is 3.10. The number of pyridine rings is 1. The first-order chi connectivity index (χ1) is 9.09. The SMILES string of the molecule is Cc1cnccc1CNC(=O)[C@@H]1CCC[C@@H]1C(=O)O. The molecule has 2 N–H and O–H groups in total. The summed E-state index contributed by atoms with van der Waals surface area (Å²) in [6, 6.07) is 1.86. The molecule has 1 fully saturated rings. The van der Waals surface area contributed by atoms with Crippen molar-refractivity contribution in [3.05, 3.63) is 29.6 Å². The van der Waals surface area contributed by atoms with Crippen molar-refractivity contribution >= 4 is 11.9 Å². The number of aromatic nitrogens is 1. The van der Waals surface area contributed by atoms with E-state index in [0.717, 1.165) is 17.5 Å². The van der Waals surface area contributed by atoms with Gasteiger partial charge in [0.2, 0.25) is 5.91 Å². The van der Waals surface area contributed by atoms with E-state index < -0.39 is 11.9 Å². The number of carboxylic acids is 1. The minimum absolute atomic E-state index is 0.152. The molecule has 0 aliphatic heterocycles. The van der Waals surface area contributed by atoms with Crippen molar-refractivity contribution in [1.82, 2.24) is 10.3 Å². The Balaban J connectivity index is 1.95. The van der Waals surface area contributed by atoms with E-state index in [0.29, 0.717) is 19.4 Å². The monoisotopic (exact) mass is 262 g/mol. The van der Waals surface area contributed by atoms with Gasteiger partial charge in [-0.05, 0) is 37.0 Å². The molecule has 5 heteroatoms. The molecule has 0 radical (unpaired) electrons. The Morgan fingerprint density at radius 2 is 2.16 bits per heavy atom. The number of carbonyl (C=O) groups excluding carboxylic acids is 1. The number of aryl methyl sites for hydroxylation is 1. The van der Waals surface area contributed by atoms with Crippen LogP contribution in [-0.2, 0) is 16.1 Å². The van der Waals surface area contributed by atoms with Crippen LogP contribution in [0.4, 0.5) is 0 Å².